The maximum Gasteiger partial charge on any atom is 0.147 e. The average Bonchev–Trinajstić information content (AvgIpc) is 2.33. The van der Waals surface area contributed by atoms with Gasteiger partial charge in [-0.1, -0.05) is 18.5 Å². The lowest BCUT2D eigenvalue weighted by atomic mass is 10.1. The second-order valence-electron chi connectivity index (χ2n) is 3.94. The van der Waals surface area contributed by atoms with Crippen molar-refractivity contribution in [3.63, 3.8) is 0 Å². The third-order valence-corrected chi connectivity index (χ3v) is 3.05. The lowest BCUT2D eigenvalue weighted by molar-refractivity contribution is -0.0133. The molecule has 0 amide bonds. The molecule has 1 unspecified atom stereocenters. The van der Waals surface area contributed by atoms with Crippen LogP contribution in [0.25, 0.3) is 0 Å². The first-order valence-corrected chi connectivity index (χ1v) is 5.95. The Morgan fingerprint density at radius 2 is 2.38 bits per heavy atom. The van der Waals surface area contributed by atoms with E-state index in [9.17, 15) is 0 Å². The fourth-order valence-corrected chi connectivity index (χ4v) is 2.00. The van der Waals surface area contributed by atoms with Gasteiger partial charge in [-0.15, -0.1) is 0 Å². The van der Waals surface area contributed by atoms with Crippen molar-refractivity contribution in [1.82, 2.24) is 14.9 Å². The van der Waals surface area contributed by atoms with Crippen molar-refractivity contribution in [3.8, 4) is 0 Å². The molecule has 1 aliphatic rings. The highest BCUT2D eigenvalue weighted by molar-refractivity contribution is 6.29. The molecule has 0 aromatic carbocycles. The van der Waals surface area contributed by atoms with Crippen LogP contribution in [0.3, 0.4) is 0 Å². The largest absolute Gasteiger partial charge is 0.378 e. The van der Waals surface area contributed by atoms with Gasteiger partial charge < -0.3 is 4.74 Å². The molecule has 0 radical (unpaired) electrons. The van der Waals surface area contributed by atoms with E-state index in [1.165, 1.54) is 0 Å². The Labute approximate surface area is 101 Å². The molecule has 16 heavy (non-hydrogen) atoms. The second kappa shape index (κ2) is 5.57. The molecule has 5 heteroatoms. The molecule has 0 N–H and O–H groups in total. The third kappa shape index (κ3) is 2.90. The summed E-state index contributed by atoms with van der Waals surface area (Å²) in [6.45, 7) is 5.59. The van der Waals surface area contributed by atoms with Crippen molar-refractivity contribution < 1.29 is 4.74 Å². The van der Waals surface area contributed by atoms with E-state index in [1.54, 1.807) is 12.4 Å². The molecule has 0 spiro atoms. The molecule has 0 saturated carbocycles. The Bertz CT molecular complexity index is 331. The van der Waals surface area contributed by atoms with E-state index in [-0.39, 0.29) is 0 Å². The minimum atomic E-state index is 0.442. The normalized spacial score (nSPS) is 22.2. The Hall–Kier alpha value is -0.710. The van der Waals surface area contributed by atoms with E-state index in [1.807, 2.05) is 0 Å². The summed E-state index contributed by atoms with van der Waals surface area (Å²) < 4.78 is 5.46. The lowest BCUT2D eigenvalue weighted by Crippen LogP contribution is -2.44. The zero-order chi connectivity index (χ0) is 11.4. The van der Waals surface area contributed by atoms with Crippen LogP contribution >= 0.6 is 11.6 Å². The van der Waals surface area contributed by atoms with E-state index in [2.05, 4.69) is 21.8 Å². The minimum Gasteiger partial charge on any atom is -0.378 e. The van der Waals surface area contributed by atoms with Crippen molar-refractivity contribution in [2.45, 2.75) is 25.9 Å². The van der Waals surface area contributed by atoms with Crippen LogP contribution in [0.2, 0.25) is 5.15 Å². The van der Waals surface area contributed by atoms with Crippen LogP contribution in [0.4, 0.5) is 0 Å². The van der Waals surface area contributed by atoms with E-state index in [0.717, 1.165) is 38.4 Å². The summed E-state index contributed by atoms with van der Waals surface area (Å²) in [5, 5.41) is 0.442. The first-order valence-electron chi connectivity index (χ1n) is 5.58. The van der Waals surface area contributed by atoms with Crippen LogP contribution in [0.15, 0.2) is 12.4 Å². The zero-order valence-corrected chi connectivity index (χ0v) is 10.2. The minimum absolute atomic E-state index is 0.442. The van der Waals surface area contributed by atoms with Crippen molar-refractivity contribution in [2.24, 2.45) is 0 Å². The Kier molecular flexibility index (Phi) is 4.09. The highest BCUT2D eigenvalue weighted by Crippen LogP contribution is 2.13. The summed E-state index contributed by atoms with van der Waals surface area (Å²) in [7, 11) is 0. The van der Waals surface area contributed by atoms with Crippen LogP contribution in [0.1, 0.15) is 19.0 Å². The number of halogens is 1. The topological polar surface area (TPSA) is 38.2 Å². The summed E-state index contributed by atoms with van der Waals surface area (Å²) in [5.41, 5.74) is 0.963. The van der Waals surface area contributed by atoms with Gasteiger partial charge in [0.1, 0.15) is 5.15 Å². The molecule has 1 aromatic rings. The first kappa shape index (κ1) is 11.8. The lowest BCUT2D eigenvalue weighted by Gasteiger charge is -2.34. The molecule has 0 aliphatic carbocycles. The molecule has 1 atom stereocenters. The predicted molar refractivity (Wildman–Crippen MR) is 62.4 cm³/mol. The summed E-state index contributed by atoms with van der Waals surface area (Å²) in [6, 6.07) is 0.492. The number of hydrogen-bond acceptors (Lipinski definition) is 4. The maximum atomic E-state index is 5.70. The van der Waals surface area contributed by atoms with Gasteiger partial charge in [0.2, 0.25) is 0 Å². The molecule has 0 bridgehead atoms. The molecule has 88 valence electrons. The average molecular weight is 242 g/mol. The van der Waals surface area contributed by atoms with Crippen molar-refractivity contribution in [2.75, 3.05) is 19.8 Å². The Morgan fingerprint density at radius 1 is 1.50 bits per heavy atom. The van der Waals surface area contributed by atoms with Gasteiger partial charge in [-0.25, -0.2) is 4.98 Å². The molecule has 4 nitrogen and oxygen atoms in total. The van der Waals surface area contributed by atoms with Gasteiger partial charge in [0.25, 0.3) is 0 Å². The highest BCUT2D eigenvalue weighted by atomic mass is 35.5. The van der Waals surface area contributed by atoms with Gasteiger partial charge in [-0.3, -0.25) is 9.88 Å². The predicted octanol–water partition coefficient (Wildman–Crippen LogP) is 1.74. The molecule has 2 heterocycles. The molecule has 1 fully saturated rings. The Morgan fingerprint density at radius 3 is 3.06 bits per heavy atom. The van der Waals surface area contributed by atoms with Gasteiger partial charge in [0, 0.05) is 19.1 Å². The summed E-state index contributed by atoms with van der Waals surface area (Å²) in [5.74, 6) is 0. The van der Waals surface area contributed by atoms with Gasteiger partial charge in [-0.05, 0) is 6.42 Å². The van der Waals surface area contributed by atoms with Gasteiger partial charge in [-0.2, -0.15) is 0 Å². The van der Waals surface area contributed by atoms with Crippen LogP contribution in [0, 0.1) is 0 Å². The quantitative estimate of drug-likeness (QED) is 0.808. The van der Waals surface area contributed by atoms with Crippen LogP contribution in [-0.4, -0.2) is 40.7 Å². The van der Waals surface area contributed by atoms with E-state index in [0.29, 0.717) is 11.2 Å². The molecule has 1 aliphatic heterocycles. The summed E-state index contributed by atoms with van der Waals surface area (Å²) in [6.07, 6.45) is 4.43. The van der Waals surface area contributed by atoms with Crippen LogP contribution in [0.5, 0.6) is 0 Å². The third-order valence-electron chi connectivity index (χ3n) is 2.86. The van der Waals surface area contributed by atoms with Gasteiger partial charge in [0.05, 0.1) is 31.3 Å². The number of nitrogens with zero attached hydrogens (tertiary/aromatic N) is 3. The molecule has 2 rings (SSSR count). The van der Waals surface area contributed by atoms with Crippen molar-refractivity contribution in [3.05, 3.63) is 23.2 Å². The second-order valence-corrected chi connectivity index (χ2v) is 4.33. The van der Waals surface area contributed by atoms with Crippen molar-refractivity contribution >= 4 is 11.6 Å². The van der Waals surface area contributed by atoms with Crippen molar-refractivity contribution in [1.29, 1.82) is 0 Å². The number of ether oxygens (including phenoxy) is 1. The van der Waals surface area contributed by atoms with Gasteiger partial charge >= 0.3 is 0 Å². The van der Waals surface area contributed by atoms with E-state index < -0.39 is 0 Å². The standard InChI is InChI=1S/C11H16ClN3O/c1-2-10-8-16-4-3-15(10)7-9-5-14-11(12)6-13-9/h5-6,10H,2-4,7-8H2,1H3. The first-order chi connectivity index (χ1) is 7.79. The van der Waals surface area contributed by atoms with E-state index in [4.69, 9.17) is 16.3 Å². The maximum absolute atomic E-state index is 5.70. The SMILES string of the molecule is CCC1COCCN1Cc1cnc(Cl)cn1. The summed E-state index contributed by atoms with van der Waals surface area (Å²) >= 11 is 5.70. The smallest absolute Gasteiger partial charge is 0.147 e. The Balaban J connectivity index is 1.99. The van der Waals surface area contributed by atoms with E-state index >= 15 is 0 Å². The van der Waals surface area contributed by atoms with Crippen LogP contribution in [-0.2, 0) is 11.3 Å². The zero-order valence-electron chi connectivity index (χ0n) is 9.40. The molecular weight excluding hydrogens is 226 g/mol. The monoisotopic (exact) mass is 241 g/mol. The number of aromatic nitrogens is 2. The number of hydrogen-bond donors (Lipinski definition) is 0. The van der Waals surface area contributed by atoms with Gasteiger partial charge in [0.15, 0.2) is 0 Å². The molecule has 1 saturated heterocycles. The number of morpholine rings is 1. The number of rotatable bonds is 3. The fraction of sp³-hybridized carbons (Fsp3) is 0.636. The fourth-order valence-electron chi connectivity index (χ4n) is 1.90. The molecular formula is C11H16ClN3O. The molecule has 1 aromatic heterocycles. The van der Waals surface area contributed by atoms with Crippen LogP contribution < -0.4 is 0 Å². The highest BCUT2D eigenvalue weighted by Gasteiger charge is 2.21. The summed E-state index contributed by atoms with van der Waals surface area (Å²) in [4.78, 5) is 10.7.